The molecule has 2 rings (SSSR count). The summed E-state index contributed by atoms with van der Waals surface area (Å²) in [6.45, 7) is 7.17. The minimum absolute atomic E-state index is 0.464. The number of hydrogen-bond donors (Lipinski definition) is 0. The molecule has 0 aliphatic carbocycles. The third-order valence-electron chi connectivity index (χ3n) is 3.35. The standard InChI is InChI=1S/C13H19NO2S/c1-10-4-5-12(3)13(8-10)17(15,16)14-7-6-11(2)9-14/h4-5,8,11H,6-7,9H2,1-3H3. The lowest BCUT2D eigenvalue weighted by molar-refractivity contribution is 0.464. The molecule has 1 saturated heterocycles. The molecule has 0 radical (unpaired) electrons. The zero-order valence-corrected chi connectivity index (χ0v) is 11.4. The molecule has 4 heteroatoms. The maximum Gasteiger partial charge on any atom is 0.243 e. The van der Waals surface area contributed by atoms with E-state index in [0.717, 1.165) is 17.5 Å². The molecule has 0 amide bonds. The van der Waals surface area contributed by atoms with Crippen LogP contribution < -0.4 is 0 Å². The molecule has 1 fully saturated rings. The van der Waals surface area contributed by atoms with Gasteiger partial charge in [-0.25, -0.2) is 8.42 Å². The van der Waals surface area contributed by atoms with Crippen LogP contribution in [0.4, 0.5) is 0 Å². The van der Waals surface area contributed by atoms with Crippen LogP contribution in [0.25, 0.3) is 0 Å². The monoisotopic (exact) mass is 253 g/mol. The van der Waals surface area contributed by atoms with Gasteiger partial charge in [0.1, 0.15) is 0 Å². The lowest BCUT2D eigenvalue weighted by atomic mass is 10.2. The summed E-state index contributed by atoms with van der Waals surface area (Å²) in [5.74, 6) is 0.467. The molecule has 1 heterocycles. The van der Waals surface area contributed by atoms with Gasteiger partial charge in [-0.2, -0.15) is 4.31 Å². The van der Waals surface area contributed by atoms with Crippen LogP contribution in [0.15, 0.2) is 23.1 Å². The summed E-state index contributed by atoms with van der Waals surface area (Å²) in [5.41, 5.74) is 1.82. The molecule has 1 atom stereocenters. The van der Waals surface area contributed by atoms with E-state index >= 15 is 0 Å². The first-order valence-electron chi connectivity index (χ1n) is 5.98. The van der Waals surface area contributed by atoms with Crippen LogP contribution in [-0.4, -0.2) is 25.8 Å². The van der Waals surface area contributed by atoms with Crippen LogP contribution in [-0.2, 0) is 10.0 Å². The molecule has 1 aromatic carbocycles. The molecular formula is C13H19NO2S. The van der Waals surface area contributed by atoms with Crippen molar-refractivity contribution in [2.24, 2.45) is 5.92 Å². The Kier molecular flexibility index (Phi) is 3.27. The molecule has 1 unspecified atom stereocenters. The molecule has 0 saturated carbocycles. The highest BCUT2D eigenvalue weighted by Gasteiger charge is 2.31. The Labute approximate surface area is 104 Å². The van der Waals surface area contributed by atoms with Crippen molar-refractivity contribution >= 4 is 10.0 Å². The largest absolute Gasteiger partial charge is 0.243 e. The summed E-state index contributed by atoms with van der Waals surface area (Å²) in [6.07, 6.45) is 0.962. The highest BCUT2D eigenvalue weighted by Crippen LogP contribution is 2.26. The highest BCUT2D eigenvalue weighted by atomic mass is 32.2. The third-order valence-corrected chi connectivity index (χ3v) is 5.36. The maximum absolute atomic E-state index is 12.5. The Balaban J connectivity index is 2.41. The van der Waals surface area contributed by atoms with E-state index in [1.807, 2.05) is 26.0 Å². The van der Waals surface area contributed by atoms with Crippen molar-refractivity contribution in [1.29, 1.82) is 0 Å². The molecular weight excluding hydrogens is 234 g/mol. The van der Waals surface area contributed by atoms with Crippen molar-refractivity contribution in [2.75, 3.05) is 13.1 Å². The lowest BCUT2D eigenvalue weighted by Gasteiger charge is -2.18. The summed E-state index contributed by atoms with van der Waals surface area (Å²) < 4.78 is 26.6. The van der Waals surface area contributed by atoms with Crippen LogP contribution in [0, 0.1) is 19.8 Å². The Bertz CT molecular complexity index is 522. The molecule has 0 N–H and O–H groups in total. The van der Waals surface area contributed by atoms with Crippen molar-refractivity contribution in [3.05, 3.63) is 29.3 Å². The van der Waals surface area contributed by atoms with Crippen molar-refractivity contribution in [3.8, 4) is 0 Å². The zero-order valence-electron chi connectivity index (χ0n) is 10.6. The molecule has 0 spiro atoms. The first-order valence-corrected chi connectivity index (χ1v) is 7.42. The number of rotatable bonds is 2. The van der Waals surface area contributed by atoms with Gasteiger partial charge >= 0.3 is 0 Å². The fourth-order valence-electron chi connectivity index (χ4n) is 2.24. The SMILES string of the molecule is Cc1ccc(C)c(S(=O)(=O)N2CCC(C)C2)c1. The van der Waals surface area contributed by atoms with Gasteiger partial charge < -0.3 is 0 Å². The van der Waals surface area contributed by atoms with Gasteiger partial charge in [0.2, 0.25) is 10.0 Å². The molecule has 1 aromatic rings. The predicted octanol–water partition coefficient (Wildman–Crippen LogP) is 2.33. The molecule has 1 aliphatic rings. The van der Waals surface area contributed by atoms with E-state index in [2.05, 4.69) is 6.92 Å². The minimum Gasteiger partial charge on any atom is -0.207 e. The second kappa shape index (κ2) is 4.42. The number of aryl methyl sites for hydroxylation is 2. The molecule has 1 aliphatic heterocycles. The molecule has 0 bridgehead atoms. The molecule has 17 heavy (non-hydrogen) atoms. The molecule has 3 nitrogen and oxygen atoms in total. The summed E-state index contributed by atoms with van der Waals surface area (Å²) in [7, 11) is -3.29. The van der Waals surface area contributed by atoms with Gasteiger partial charge in [-0.05, 0) is 43.4 Å². The van der Waals surface area contributed by atoms with Gasteiger partial charge in [-0.1, -0.05) is 19.1 Å². The maximum atomic E-state index is 12.5. The summed E-state index contributed by atoms with van der Waals surface area (Å²) in [4.78, 5) is 0.464. The van der Waals surface area contributed by atoms with Crippen LogP contribution in [0.5, 0.6) is 0 Å². The van der Waals surface area contributed by atoms with E-state index in [1.54, 1.807) is 10.4 Å². The van der Waals surface area contributed by atoms with Gasteiger partial charge in [0.05, 0.1) is 4.90 Å². The highest BCUT2D eigenvalue weighted by molar-refractivity contribution is 7.89. The van der Waals surface area contributed by atoms with E-state index in [9.17, 15) is 8.42 Å². The van der Waals surface area contributed by atoms with Gasteiger partial charge in [0.15, 0.2) is 0 Å². The Morgan fingerprint density at radius 3 is 2.59 bits per heavy atom. The van der Waals surface area contributed by atoms with Crippen LogP contribution in [0.3, 0.4) is 0 Å². The number of hydrogen-bond acceptors (Lipinski definition) is 2. The quantitative estimate of drug-likeness (QED) is 0.811. The van der Waals surface area contributed by atoms with E-state index in [-0.39, 0.29) is 0 Å². The number of sulfonamides is 1. The molecule has 94 valence electrons. The average Bonchev–Trinajstić information content (AvgIpc) is 2.69. The topological polar surface area (TPSA) is 37.4 Å². The van der Waals surface area contributed by atoms with Crippen LogP contribution >= 0.6 is 0 Å². The van der Waals surface area contributed by atoms with Gasteiger partial charge in [0.25, 0.3) is 0 Å². The van der Waals surface area contributed by atoms with Crippen molar-refractivity contribution in [3.63, 3.8) is 0 Å². The molecule has 0 aromatic heterocycles. The van der Waals surface area contributed by atoms with E-state index in [4.69, 9.17) is 0 Å². The van der Waals surface area contributed by atoms with Gasteiger partial charge in [0, 0.05) is 13.1 Å². The van der Waals surface area contributed by atoms with E-state index < -0.39 is 10.0 Å². The normalized spacial score (nSPS) is 21.9. The zero-order chi connectivity index (χ0) is 12.6. The number of benzene rings is 1. The fraction of sp³-hybridized carbons (Fsp3) is 0.538. The smallest absolute Gasteiger partial charge is 0.207 e. The van der Waals surface area contributed by atoms with Crippen LogP contribution in [0.1, 0.15) is 24.5 Å². The lowest BCUT2D eigenvalue weighted by Crippen LogP contribution is -2.29. The fourth-order valence-corrected chi connectivity index (χ4v) is 4.12. The van der Waals surface area contributed by atoms with Crippen molar-refractivity contribution in [2.45, 2.75) is 32.1 Å². The second-order valence-corrected chi connectivity index (χ2v) is 6.93. The summed E-state index contributed by atoms with van der Waals surface area (Å²) in [5, 5.41) is 0. The van der Waals surface area contributed by atoms with E-state index in [1.165, 1.54) is 0 Å². The Morgan fingerprint density at radius 2 is 2.00 bits per heavy atom. The Morgan fingerprint density at radius 1 is 1.29 bits per heavy atom. The third kappa shape index (κ3) is 2.38. The van der Waals surface area contributed by atoms with Crippen molar-refractivity contribution in [1.82, 2.24) is 4.31 Å². The Hall–Kier alpha value is -0.870. The minimum atomic E-state index is -3.29. The van der Waals surface area contributed by atoms with E-state index in [0.29, 0.717) is 23.9 Å². The first-order chi connectivity index (χ1) is 7.91. The van der Waals surface area contributed by atoms with Crippen molar-refractivity contribution < 1.29 is 8.42 Å². The second-order valence-electron chi connectivity index (χ2n) is 5.03. The summed E-state index contributed by atoms with van der Waals surface area (Å²) in [6, 6.07) is 5.59. The average molecular weight is 253 g/mol. The van der Waals surface area contributed by atoms with Crippen LogP contribution in [0.2, 0.25) is 0 Å². The predicted molar refractivity (Wildman–Crippen MR) is 68.5 cm³/mol. The van der Waals surface area contributed by atoms with Gasteiger partial charge in [-0.15, -0.1) is 0 Å². The number of nitrogens with zero attached hydrogens (tertiary/aromatic N) is 1. The summed E-state index contributed by atoms with van der Waals surface area (Å²) >= 11 is 0. The first kappa shape index (κ1) is 12.6. The van der Waals surface area contributed by atoms with Gasteiger partial charge in [-0.3, -0.25) is 0 Å².